The van der Waals surface area contributed by atoms with Crippen LogP contribution in [-0.4, -0.2) is 51.8 Å². The van der Waals surface area contributed by atoms with E-state index in [2.05, 4.69) is 49.0 Å². The lowest BCUT2D eigenvalue weighted by Gasteiger charge is -2.24. The highest BCUT2D eigenvalue weighted by atomic mass is 32.1. The predicted octanol–water partition coefficient (Wildman–Crippen LogP) is 4.37. The van der Waals surface area contributed by atoms with E-state index in [1.807, 2.05) is 24.8 Å². The maximum atomic E-state index is 13.6. The molecule has 2 heterocycles. The Bertz CT molecular complexity index is 973. The summed E-state index contributed by atoms with van der Waals surface area (Å²) in [6.07, 6.45) is 0.926. The number of rotatable bonds is 9. The Labute approximate surface area is 177 Å². The van der Waals surface area contributed by atoms with Crippen LogP contribution in [0.3, 0.4) is 0 Å². The monoisotopic (exact) mass is 413 g/mol. The van der Waals surface area contributed by atoms with Gasteiger partial charge in [-0.05, 0) is 51.1 Å². The van der Waals surface area contributed by atoms with Crippen LogP contribution < -0.4 is 4.90 Å². The Morgan fingerprint density at radius 2 is 1.90 bits per heavy atom. The van der Waals surface area contributed by atoms with Gasteiger partial charge in [-0.15, -0.1) is 0 Å². The van der Waals surface area contributed by atoms with Crippen molar-refractivity contribution in [1.29, 1.82) is 0 Å². The van der Waals surface area contributed by atoms with Crippen LogP contribution in [0.4, 0.5) is 5.13 Å². The molecule has 29 heavy (non-hydrogen) atoms. The third kappa shape index (κ3) is 4.51. The summed E-state index contributed by atoms with van der Waals surface area (Å²) >= 11 is 1.59. The smallest absolute Gasteiger partial charge is 0.278 e. The van der Waals surface area contributed by atoms with Gasteiger partial charge in [-0.1, -0.05) is 44.2 Å². The number of benzene rings is 1. The molecule has 156 valence electrons. The van der Waals surface area contributed by atoms with Gasteiger partial charge in [0.15, 0.2) is 5.13 Å². The van der Waals surface area contributed by atoms with Gasteiger partial charge in [-0.2, -0.15) is 5.10 Å². The van der Waals surface area contributed by atoms with E-state index in [-0.39, 0.29) is 5.91 Å². The molecular weight excluding hydrogens is 382 g/mol. The molecule has 0 bridgehead atoms. The zero-order valence-electron chi connectivity index (χ0n) is 18.1. The molecule has 0 N–H and O–H groups in total. The fourth-order valence-corrected chi connectivity index (χ4v) is 4.59. The highest BCUT2D eigenvalue weighted by molar-refractivity contribution is 7.22. The van der Waals surface area contributed by atoms with Gasteiger partial charge in [-0.3, -0.25) is 14.4 Å². The number of carbonyl (C=O) groups excluding carboxylic acids is 1. The van der Waals surface area contributed by atoms with Gasteiger partial charge in [0.05, 0.1) is 15.9 Å². The summed E-state index contributed by atoms with van der Waals surface area (Å²) in [6, 6.07) is 8.15. The van der Waals surface area contributed by atoms with Crippen molar-refractivity contribution in [2.24, 2.45) is 0 Å². The second kappa shape index (κ2) is 9.50. The second-order valence-electron chi connectivity index (χ2n) is 7.08. The molecule has 0 saturated heterocycles. The molecule has 0 aliphatic carbocycles. The first-order valence-electron chi connectivity index (χ1n) is 10.5. The largest absolute Gasteiger partial charge is 0.302 e. The van der Waals surface area contributed by atoms with Gasteiger partial charge >= 0.3 is 0 Å². The first-order chi connectivity index (χ1) is 14.0. The third-order valence-corrected chi connectivity index (χ3v) is 6.35. The predicted molar refractivity (Wildman–Crippen MR) is 121 cm³/mol. The summed E-state index contributed by atoms with van der Waals surface area (Å²) in [4.78, 5) is 22.6. The van der Waals surface area contributed by atoms with Crippen molar-refractivity contribution in [1.82, 2.24) is 19.7 Å². The summed E-state index contributed by atoms with van der Waals surface area (Å²) < 4.78 is 2.91. The Hall–Kier alpha value is -2.25. The lowest BCUT2D eigenvalue weighted by atomic mass is 10.1. The lowest BCUT2D eigenvalue weighted by Crippen LogP contribution is -2.39. The molecule has 0 aliphatic heterocycles. The van der Waals surface area contributed by atoms with Crippen molar-refractivity contribution in [3.05, 3.63) is 41.2 Å². The minimum atomic E-state index is -0.0308. The van der Waals surface area contributed by atoms with Crippen LogP contribution in [0.25, 0.3) is 10.2 Å². The topological polar surface area (TPSA) is 54.3 Å². The summed E-state index contributed by atoms with van der Waals surface area (Å²) in [5.74, 6) is -0.0308. The van der Waals surface area contributed by atoms with Crippen LogP contribution in [0.15, 0.2) is 24.3 Å². The second-order valence-corrected chi connectivity index (χ2v) is 8.09. The normalized spacial score (nSPS) is 11.5. The van der Waals surface area contributed by atoms with Gasteiger partial charge in [0.25, 0.3) is 5.91 Å². The molecule has 6 nitrogen and oxygen atoms in total. The number of anilines is 1. The molecule has 3 rings (SSSR count). The molecule has 2 aromatic heterocycles. The van der Waals surface area contributed by atoms with Gasteiger partial charge in [0.1, 0.15) is 5.69 Å². The van der Waals surface area contributed by atoms with Crippen LogP contribution in [0, 0.1) is 6.92 Å². The fraction of sp³-hybridized carbons (Fsp3) is 0.500. The first kappa shape index (κ1) is 21.5. The van der Waals surface area contributed by atoms with E-state index < -0.39 is 0 Å². The Morgan fingerprint density at radius 3 is 2.55 bits per heavy atom. The van der Waals surface area contributed by atoms with Crippen molar-refractivity contribution in [2.75, 3.05) is 31.1 Å². The fourth-order valence-electron chi connectivity index (χ4n) is 3.56. The number of para-hydroxylation sites is 1. The summed E-state index contributed by atoms with van der Waals surface area (Å²) in [7, 11) is 0. The standard InChI is InChI=1S/C22H31N5OS/c1-6-17-11-10-12-19-20(17)23-22(29-19)26(14-13-25(7-2)8-3)21(28)18-15-16(5)24-27(18)9-4/h10-12,15H,6-9,13-14H2,1-5H3. The zero-order chi connectivity index (χ0) is 21.0. The molecule has 0 unspecified atom stereocenters. The van der Waals surface area contributed by atoms with E-state index in [1.54, 1.807) is 16.0 Å². The SMILES string of the molecule is CCc1cccc2sc(N(CCN(CC)CC)C(=O)c3cc(C)nn3CC)nc12. The van der Waals surface area contributed by atoms with E-state index in [4.69, 9.17) is 4.98 Å². The molecule has 0 saturated carbocycles. The van der Waals surface area contributed by atoms with Crippen LogP contribution in [0.1, 0.15) is 49.4 Å². The van der Waals surface area contributed by atoms with E-state index in [0.29, 0.717) is 18.8 Å². The van der Waals surface area contributed by atoms with Crippen molar-refractivity contribution in [2.45, 2.75) is 47.6 Å². The van der Waals surface area contributed by atoms with Crippen molar-refractivity contribution in [3.8, 4) is 0 Å². The maximum Gasteiger partial charge on any atom is 0.278 e. The first-order valence-corrected chi connectivity index (χ1v) is 11.3. The number of fused-ring (bicyclic) bond motifs is 1. The molecule has 0 atom stereocenters. The third-order valence-electron chi connectivity index (χ3n) is 5.30. The molecule has 3 aromatic rings. The molecule has 0 fully saturated rings. The number of hydrogen-bond donors (Lipinski definition) is 0. The number of hydrogen-bond acceptors (Lipinski definition) is 5. The van der Waals surface area contributed by atoms with E-state index in [0.717, 1.165) is 47.1 Å². The summed E-state index contributed by atoms with van der Waals surface area (Å²) in [5, 5.41) is 5.23. The number of amides is 1. The van der Waals surface area contributed by atoms with Crippen LogP contribution >= 0.6 is 11.3 Å². The van der Waals surface area contributed by atoms with Gasteiger partial charge in [-0.25, -0.2) is 4.98 Å². The molecule has 7 heteroatoms. The van der Waals surface area contributed by atoms with Crippen LogP contribution in [0.5, 0.6) is 0 Å². The molecule has 0 spiro atoms. The molecular formula is C22H31N5OS. The average Bonchev–Trinajstić information content (AvgIpc) is 3.33. The molecule has 0 aliphatic rings. The van der Waals surface area contributed by atoms with Crippen molar-refractivity contribution >= 4 is 32.6 Å². The number of thiazole rings is 1. The number of aromatic nitrogens is 3. The van der Waals surface area contributed by atoms with E-state index in [9.17, 15) is 4.79 Å². The molecule has 1 aromatic carbocycles. The van der Waals surface area contributed by atoms with E-state index in [1.165, 1.54) is 5.56 Å². The van der Waals surface area contributed by atoms with E-state index >= 15 is 0 Å². The van der Waals surface area contributed by atoms with Gasteiger partial charge in [0, 0.05) is 19.6 Å². The minimum absolute atomic E-state index is 0.0308. The van der Waals surface area contributed by atoms with Gasteiger partial charge < -0.3 is 4.90 Å². The Balaban J connectivity index is 2.02. The quantitative estimate of drug-likeness (QED) is 0.523. The Kier molecular flexibility index (Phi) is 7.03. The number of nitrogens with zero attached hydrogens (tertiary/aromatic N) is 5. The number of aryl methyl sites for hydroxylation is 3. The maximum absolute atomic E-state index is 13.6. The number of carbonyl (C=O) groups is 1. The number of likely N-dealkylation sites (N-methyl/N-ethyl adjacent to an activating group) is 1. The van der Waals surface area contributed by atoms with Crippen LogP contribution in [-0.2, 0) is 13.0 Å². The summed E-state index contributed by atoms with van der Waals surface area (Å²) in [6.45, 7) is 14.4. The molecule has 0 radical (unpaired) electrons. The van der Waals surface area contributed by atoms with Crippen molar-refractivity contribution in [3.63, 3.8) is 0 Å². The average molecular weight is 414 g/mol. The van der Waals surface area contributed by atoms with Crippen LogP contribution in [0.2, 0.25) is 0 Å². The molecule has 1 amide bonds. The Morgan fingerprint density at radius 1 is 1.14 bits per heavy atom. The van der Waals surface area contributed by atoms with Crippen molar-refractivity contribution < 1.29 is 4.79 Å². The summed E-state index contributed by atoms with van der Waals surface area (Å²) in [5.41, 5.74) is 3.71. The lowest BCUT2D eigenvalue weighted by molar-refractivity contribution is 0.0973. The highest BCUT2D eigenvalue weighted by Gasteiger charge is 2.25. The zero-order valence-corrected chi connectivity index (χ0v) is 18.9. The van der Waals surface area contributed by atoms with Gasteiger partial charge in [0.2, 0.25) is 0 Å². The minimum Gasteiger partial charge on any atom is -0.302 e. The highest BCUT2D eigenvalue weighted by Crippen LogP contribution is 2.32.